The molecule has 0 aliphatic rings. The van der Waals surface area contributed by atoms with Crippen LogP contribution in [-0.4, -0.2) is 30.2 Å². The van der Waals surface area contributed by atoms with Gasteiger partial charge in [0, 0.05) is 6.54 Å². The van der Waals surface area contributed by atoms with Crippen LogP contribution in [0.25, 0.3) is 0 Å². The SMILES string of the molecule is CCCCNC(=O)[C@@H](NC(=O)OC(C)(C)C)C(C)C. The Morgan fingerprint density at radius 2 is 1.79 bits per heavy atom. The molecule has 0 heterocycles. The highest BCUT2D eigenvalue weighted by Crippen LogP contribution is 2.08. The van der Waals surface area contributed by atoms with Crippen LogP contribution in [0.2, 0.25) is 0 Å². The summed E-state index contributed by atoms with van der Waals surface area (Å²) in [5.74, 6) is -0.150. The molecule has 112 valence electrons. The maximum absolute atomic E-state index is 12.0. The fourth-order valence-electron chi connectivity index (χ4n) is 1.47. The minimum atomic E-state index is -0.565. The van der Waals surface area contributed by atoms with Crippen LogP contribution in [0.4, 0.5) is 4.79 Å². The first-order valence-corrected chi connectivity index (χ1v) is 6.94. The van der Waals surface area contributed by atoms with Gasteiger partial charge in [0.2, 0.25) is 5.91 Å². The first kappa shape index (κ1) is 17.7. The molecule has 0 aromatic heterocycles. The van der Waals surface area contributed by atoms with E-state index in [1.165, 1.54) is 0 Å². The number of carbonyl (C=O) groups is 2. The number of hydrogen-bond acceptors (Lipinski definition) is 3. The number of ether oxygens (including phenoxy) is 1. The number of rotatable bonds is 6. The van der Waals surface area contributed by atoms with Crippen molar-refractivity contribution in [2.24, 2.45) is 5.92 Å². The molecule has 2 amide bonds. The number of amides is 2. The van der Waals surface area contributed by atoms with Crippen LogP contribution < -0.4 is 10.6 Å². The van der Waals surface area contributed by atoms with Gasteiger partial charge in [-0.2, -0.15) is 0 Å². The lowest BCUT2D eigenvalue weighted by molar-refractivity contribution is -0.124. The minimum Gasteiger partial charge on any atom is -0.444 e. The normalized spacial score (nSPS) is 13.0. The summed E-state index contributed by atoms with van der Waals surface area (Å²) in [6, 6.07) is -0.563. The van der Waals surface area contributed by atoms with Crippen molar-refractivity contribution >= 4 is 12.0 Å². The summed E-state index contributed by atoms with van der Waals surface area (Å²) in [6.07, 6.45) is 1.40. The standard InChI is InChI=1S/C14H28N2O3/c1-7-8-9-15-12(17)11(10(2)3)16-13(18)19-14(4,5)6/h10-11H,7-9H2,1-6H3,(H,15,17)(H,16,18)/t11-/m0/s1. The van der Waals surface area contributed by atoms with Crippen LogP contribution in [0.15, 0.2) is 0 Å². The van der Waals surface area contributed by atoms with Crippen LogP contribution in [-0.2, 0) is 9.53 Å². The molecule has 0 aliphatic carbocycles. The molecule has 0 bridgehead atoms. The summed E-state index contributed by atoms with van der Waals surface area (Å²) in [5.41, 5.74) is -0.565. The van der Waals surface area contributed by atoms with E-state index in [9.17, 15) is 9.59 Å². The number of unbranched alkanes of at least 4 members (excludes halogenated alkanes) is 1. The predicted molar refractivity (Wildman–Crippen MR) is 75.9 cm³/mol. The highest BCUT2D eigenvalue weighted by atomic mass is 16.6. The molecule has 0 fully saturated rings. The highest BCUT2D eigenvalue weighted by molar-refractivity contribution is 5.85. The van der Waals surface area contributed by atoms with Gasteiger partial charge in [0.25, 0.3) is 0 Å². The van der Waals surface area contributed by atoms with Crippen LogP contribution in [0.3, 0.4) is 0 Å². The van der Waals surface area contributed by atoms with Gasteiger partial charge < -0.3 is 15.4 Å². The third kappa shape index (κ3) is 8.46. The lowest BCUT2D eigenvalue weighted by atomic mass is 10.0. The average molecular weight is 272 g/mol. The molecule has 0 saturated heterocycles. The molecule has 5 heteroatoms. The number of nitrogens with one attached hydrogen (secondary N) is 2. The zero-order valence-corrected chi connectivity index (χ0v) is 13.0. The molecule has 1 atom stereocenters. The summed E-state index contributed by atoms with van der Waals surface area (Å²) in [6.45, 7) is 11.8. The molecule has 0 aromatic rings. The molecule has 19 heavy (non-hydrogen) atoms. The number of carbonyl (C=O) groups excluding carboxylic acids is 2. The Hall–Kier alpha value is -1.26. The summed E-state index contributed by atoms with van der Waals surface area (Å²) in [5, 5.41) is 5.45. The zero-order chi connectivity index (χ0) is 15.1. The predicted octanol–water partition coefficient (Wildman–Crippen LogP) is 2.45. The minimum absolute atomic E-state index is 0.00847. The Morgan fingerprint density at radius 1 is 1.21 bits per heavy atom. The lowest BCUT2D eigenvalue weighted by Gasteiger charge is -2.25. The van der Waals surface area contributed by atoms with E-state index in [1.807, 2.05) is 13.8 Å². The van der Waals surface area contributed by atoms with E-state index in [4.69, 9.17) is 4.74 Å². The lowest BCUT2D eigenvalue weighted by Crippen LogP contribution is -2.51. The van der Waals surface area contributed by atoms with E-state index in [0.717, 1.165) is 12.8 Å². The molecule has 2 N–H and O–H groups in total. The van der Waals surface area contributed by atoms with Gasteiger partial charge in [0.1, 0.15) is 11.6 Å². The van der Waals surface area contributed by atoms with Crippen molar-refractivity contribution in [2.45, 2.75) is 66.0 Å². The van der Waals surface area contributed by atoms with Crippen molar-refractivity contribution in [3.63, 3.8) is 0 Å². The van der Waals surface area contributed by atoms with Gasteiger partial charge in [0.05, 0.1) is 0 Å². The Kier molecular flexibility index (Phi) is 7.49. The van der Waals surface area contributed by atoms with Crippen LogP contribution in [0.5, 0.6) is 0 Å². The fourth-order valence-corrected chi connectivity index (χ4v) is 1.47. The molecule has 0 aromatic carbocycles. The number of hydrogen-bond donors (Lipinski definition) is 2. The van der Waals surface area contributed by atoms with E-state index in [0.29, 0.717) is 6.54 Å². The first-order valence-electron chi connectivity index (χ1n) is 6.94. The summed E-state index contributed by atoms with van der Waals surface area (Å²) in [4.78, 5) is 23.7. The summed E-state index contributed by atoms with van der Waals surface area (Å²) < 4.78 is 5.16. The van der Waals surface area contributed by atoms with Crippen molar-refractivity contribution in [3.05, 3.63) is 0 Å². The molecule has 0 aliphatic heterocycles. The van der Waals surface area contributed by atoms with Gasteiger partial charge in [-0.3, -0.25) is 4.79 Å². The Balaban J connectivity index is 4.40. The van der Waals surface area contributed by atoms with Crippen molar-refractivity contribution in [1.82, 2.24) is 10.6 Å². The van der Waals surface area contributed by atoms with E-state index in [2.05, 4.69) is 17.6 Å². The second-order valence-electron chi connectivity index (χ2n) is 6.01. The molecule has 0 unspecified atom stereocenters. The third-order valence-electron chi connectivity index (χ3n) is 2.45. The molecule has 5 nitrogen and oxygen atoms in total. The van der Waals surface area contributed by atoms with Gasteiger partial charge in [-0.05, 0) is 33.1 Å². The van der Waals surface area contributed by atoms with E-state index >= 15 is 0 Å². The van der Waals surface area contributed by atoms with Gasteiger partial charge in [-0.1, -0.05) is 27.2 Å². The molecule has 0 spiro atoms. The summed E-state index contributed by atoms with van der Waals surface area (Å²) in [7, 11) is 0. The van der Waals surface area contributed by atoms with Gasteiger partial charge >= 0.3 is 6.09 Å². The highest BCUT2D eigenvalue weighted by Gasteiger charge is 2.26. The summed E-state index contributed by atoms with van der Waals surface area (Å²) >= 11 is 0. The maximum Gasteiger partial charge on any atom is 0.408 e. The Morgan fingerprint density at radius 3 is 2.21 bits per heavy atom. The van der Waals surface area contributed by atoms with Crippen molar-refractivity contribution in [3.8, 4) is 0 Å². The van der Waals surface area contributed by atoms with Crippen molar-refractivity contribution < 1.29 is 14.3 Å². The van der Waals surface area contributed by atoms with Gasteiger partial charge in [0.15, 0.2) is 0 Å². The van der Waals surface area contributed by atoms with E-state index in [1.54, 1.807) is 20.8 Å². The van der Waals surface area contributed by atoms with Crippen molar-refractivity contribution in [1.29, 1.82) is 0 Å². The van der Waals surface area contributed by atoms with Crippen molar-refractivity contribution in [2.75, 3.05) is 6.54 Å². The number of alkyl carbamates (subject to hydrolysis) is 1. The van der Waals surface area contributed by atoms with Crippen LogP contribution in [0.1, 0.15) is 54.4 Å². The molecular weight excluding hydrogens is 244 g/mol. The average Bonchev–Trinajstić information content (AvgIpc) is 2.23. The van der Waals surface area contributed by atoms with Crippen LogP contribution >= 0.6 is 0 Å². The second kappa shape index (κ2) is 8.02. The first-order chi connectivity index (χ1) is 8.67. The monoisotopic (exact) mass is 272 g/mol. The largest absolute Gasteiger partial charge is 0.444 e. The Labute approximate surface area is 116 Å². The molecule has 0 saturated carbocycles. The topological polar surface area (TPSA) is 67.4 Å². The quantitative estimate of drug-likeness (QED) is 0.730. The molecular formula is C14H28N2O3. The van der Waals surface area contributed by atoms with E-state index < -0.39 is 17.7 Å². The van der Waals surface area contributed by atoms with Gasteiger partial charge in [-0.25, -0.2) is 4.79 Å². The van der Waals surface area contributed by atoms with Crippen LogP contribution in [0, 0.1) is 5.92 Å². The fraction of sp³-hybridized carbons (Fsp3) is 0.857. The second-order valence-corrected chi connectivity index (χ2v) is 6.01. The van der Waals surface area contributed by atoms with Gasteiger partial charge in [-0.15, -0.1) is 0 Å². The molecule has 0 rings (SSSR count). The van der Waals surface area contributed by atoms with E-state index in [-0.39, 0.29) is 11.8 Å². The molecule has 0 radical (unpaired) electrons. The smallest absolute Gasteiger partial charge is 0.408 e. The zero-order valence-electron chi connectivity index (χ0n) is 13.0. The third-order valence-corrected chi connectivity index (χ3v) is 2.45. The Bertz CT molecular complexity index is 296. The maximum atomic E-state index is 12.0.